The number of primary amides is 1. The Balaban J connectivity index is 2.38. The van der Waals surface area contributed by atoms with E-state index >= 15 is 0 Å². The van der Waals surface area contributed by atoms with Crippen LogP contribution in [0.3, 0.4) is 0 Å². The van der Waals surface area contributed by atoms with E-state index in [2.05, 4.69) is 11.6 Å². The van der Waals surface area contributed by atoms with Crippen LogP contribution >= 0.6 is 0 Å². The molecular formula is C18H25N3O3S. The Labute approximate surface area is 148 Å². The van der Waals surface area contributed by atoms with Gasteiger partial charge in [-0.1, -0.05) is 37.6 Å². The Hall–Kier alpha value is -2.12. The lowest BCUT2D eigenvalue weighted by Crippen LogP contribution is -2.50. The van der Waals surface area contributed by atoms with Crippen LogP contribution < -0.4 is 5.73 Å². The number of aromatic amines is 1. The van der Waals surface area contributed by atoms with Crippen LogP contribution in [0, 0.1) is 0 Å². The summed E-state index contributed by atoms with van der Waals surface area (Å²) in [4.78, 5) is 15.2. The molecule has 0 saturated carbocycles. The van der Waals surface area contributed by atoms with Crippen molar-refractivity contribution < 1.29 is 13.2 Å². The number of para-hydroxylation sites is 1. The third kappa shape index (κ3) is 4.49. The molecule has 7 heteroatoms. The van der Waals surface area contributed by atoms with Crippen molar-refractivity contribution >= 4 is 26.8 Å². The molecule has 3 N–H and O–H groups in total. The lowest BCUT2D eigenvalue weighted by Gasteiger charge is -2.28. The molecule has 0 aliphatic carbocycles. The number of nitrogens with two attached hydrogens (primary N) is 1. The van der Waals surface area contributed by atoms with Crippen molar-refractivity contribution in [2.24, 2.45) is 5.73 Å². The summed E-state index contributed by atoms with van der Waals surface area (Å²) in [5.74, 6) is -0.858. The predicted octanol–water partition coefficient (Wildman–Crippen LogP) is 2.18. The van der Waals surface area contributed by atoms with Crippen molar-refractivity contribution in [2.75, 3.05) is 12.3 Å². The highest BCUT2D eigenvalue weighted by molar-refractivity contribution is 7.89. The van der Waals surface area contributed by atoms with Crippen molar-refractivity contribution in [1.82, 2.24) is 9.29 Å². The molecule has 2 aromatic rings. The minimum absolute atomic E-state index is 0.214. The van der Waals surface area contributed by atoms with Crippen LogP contribution in [0.15, 0.2) is 43.1 Å². The van der Waals surface area contributed by atoms with Crippen LogP contribution in [-0.2, 0) is 21.2 Å². The molecule has 1 atom stereocenters. The Kier molecular flexibility index (Phi) is 6.39. The molecule has 1 aromatic carbocycles. The molecule has 1 heterocycles. The van der Waals surface area contributed by atoms with Crippen molar-refractivity contribution in [3.8, 4) is 0 Å². The first kappa shape index (κ1) is 19.2. The third-order valence-electron chi connectivity index (χ3n) is 4.18. The number of rotatable bonds is 10. The Morgan fingerprint density at radius 3 is 2.76 bits per heavy atom. The van der Waals surface area contributed by atoms with Gasteiger partial charge in [-0.3, -0.25) is 4.79 Å². The molecule has 1 aromatic heterocycles. The van der Waals surface area contributed by atoms with E-state index in [4.69, 9.17) is 5.73 Å². The number of carbonyl (C=O) groups is 1. The van der Waals surface area contributed by atoms with E-state index in [0.29, 0.717) is 6.42 Å². The number of aromatic nitrogens is 1. The number of H-pyrrole nitrogens is 1. The fraction of sp³-hybridized carbons (Fsp3) is 0.389. The molecule has 0 spiro atoms. The minimum atomic E-state index is -3.64. The number of benzene rings is 1. The van der Waals surface area contributed by atoms with Crippen LogP contribution in [0.4, 0.5) is 0 Å². The highest BCUT2D eigenvalue weighted by atomic mass is 32.2. The minimum Gasteiger partial charge on any atom is -0.368 e. The van der Waals surface area contributed by atoms with Crippen LogP contribution in [-0.4, -0.2) is 42.0 Å². The molecule has 136 valence electrons. The predicted molar refractivity (Wildman–Crippen MR) is 101 cm³/mol. The molecular weight excluding hydrogens is 338 g/mol. The van der Waals surface area contributed by atoms with Crippen molar-refractivity contribution in [3.05, 3.63) is 48.7 Å². The number of carbonyl (C=O) groups excluding carboxylic acids is 1. The molecule has 25 heavy (non-hydrogen) atoms. The van der Waals surface area contributed by atoms with Gasteiger partial charge in [-0.25, -0.2) is 8.42 Å². The summed E-state index contributed by atoms with van der Waals surface area (Å²) in [7, 11) is -3.64. The lowest BCUT2D eigenvalue weighted by molar-refractivity contribution is -0.121. The summed E-state index contributed by atoms with van der Waals surface area (Å²) in [5.41, 5.74) is 7.39. The largest absolute Gasteiger partial charge is 0.368 e. The number of amides is 1. The summed E-state index contributed by atoms with van der Waals surface area (Å²) in [5, 5.41) is 0.963. The van der Waals surface area contributed by atoms with Crippen LogP contribution in [0.25, 0.3) is 10.9 Å². The van der Waals surface area contributed by atoms with E-state index in [-0.39, 0.29) is 18.7 Å². The number of unbranched alkanes of at least 4 members (excludes halogenated alkanes) is 1. The van der Waals surface area contributed by atoms with Gasteiger partial charge in [0.05, 0.1) is 5.75 Å². The van der Waals surface area contributed by atoms with Gasteiger partial charge in [-0.2, -0.15) is 4.31 Å². The van der Waals surface area contributed by atoms with E-state index in [9.17, 15) is 13.2 Å². The second-order valence-electron chi connectivity index (χ2n) is 6.01. The Bertz CT molecular complexity index is 842. The lowest BCUT2D eigenvalue weighted by atomic mass is 10.0. The molecule has 0 aliphatic rings. The maximum absolute atomic E-state index is 12.6. The molecule has 6 nitrogen and oxygen atoms in total. The van der Waals surface area contributed by atoms with E-state index in [1.54, 1.807) is 6.20 Å². The van der Waals surface area contributed by atoms with Gasteiger partial charge in [0.2, 0.25) is 15.9 Å². The average Bonchev–Trinajstić information content (AvgIpc) is 2.97. The third-order valence-corrected chi connectivity index (χ3v) is 5.99. The monoisotopic (exact) mass is 363 g/mol. The van der Waals surface area contributed by atoms with Crippen molar-refractivity contribution in [1.29, 1.82) is 0 Å². The van der Waals surface area contributed by atoms with Crippen molar-refractivity contribution in [2.45, 2.75) is 32.2 Å². The van der Waals surface area contributed by atoms with Gasteiger partial charge in [-0.15, -0.1) is 6.58 Å². The van der Waals surface area contributed by atoms with Gasteiger partial charge in [0.15, 0.2) is 0 Å². The number of sulfonamides is 1. The smallest absolute Gasteiger partial charge is 0.236 e. The maximum Gasteiger partial charge on any atom is 0.236 e. The SMILES string of the molecule is C=CCS(=O)(=O)N(CCCC)C(Cc1c[nH]c2ccccc12)C(N)=O. The van der Waals surface area contributed by atoms with Gasteiger partial charge in [0, 0.05) is 30.1 Å². The number of hydrogen-bond acceptors (Lipinski definition) is 3. The number of nitrogens with one attached hydrogen (secondary N) is 1. The van der Waals surface area contributed by atoms with E-state index in [1.165, 1.54) is 10.4 Å². The summed E-state index contributed by atoms with van der Waals surface area (Å²) in [6.07, 6.45) is 4.85. The van der Waals surface area contributed by atoms with Crippen LogP contribution in [0.1, 0.15) is 25.3 Å². The maximum atomic E-state index is 12.6. The van der Waals surface area contributed by atoms with E-state index in [1.807, 2.05) is 31.2 Å². The van der Waals surface area contributed by atoms with Crippen LogP contribution in [0.2, 0.25) is 0 Å². The standard InChI is InChI=1S/C18H25N3O3S/c1-3-5-10-21(25(23,24)11-4-2)17(18(19)22)12-14-13-20-16-9-7-6-8-15(14)16/h4,6-9,13,17,20H,2-3,5,10-12H2,1H3,(H2,19,22). The van der Waals surface area contributed by atoms with Gasteiger partial charge >= 0.3 is 0 Å². The number of nitrogens with zero attached hydrogens (tertiary/aromatic N) is 1. The number of fused-ring (bicyclic) bond motifs is 1. The molecule has 1 unspecified atom stereocenters. The zero-order valence-electron chi connectivity index (χ0n) is 14.4. The van der Waals surface area contributed by atoms with E-state index < -0.39 is 22.0 Å². The van der Waals surface area contributed by atoms with E-state index in [0.717, 1.165) is 22.9 Å². The first-order chi connectivity index (χ1) is 11.9. The summed E-state index contributed by atoms with van der Waals surface area (Å²) >= 11 is 0. The second-order valence-corrected chi connectivity index (χ2v) is 7.98. The number of hydrogen-bond donors (Lipinski definition) is 2. The zero-order valence-corrected chi connectivity index (χ0v) is 15.3. The van der Waals surface area contributed by atoms with Gasteiger partial charge in [-0.05, 0) is 18.1 Å². The quantitative estimate of drug-likeness (QED) is 0.633. The van der Waals surface area contributed by atoms with Crippen LogP contribution in [0.5, 0.6) is 0 Å². The second kappa shape index (κ2) is 8.31. The molecule has 0 aliphatic heterocycles. The summed E-state index contributed by atoms with van der Waals surface area (Å²) in [6, 6.07) is 6.77. The highest BCUT2D eigenvalue weighted by Crippen LogP contribution is 2.22. The first-order valence-corrected chi connectivity index (χ1v) is 9.96. The zero-order chi connectivity index (χ0) is 18.4. The summed E-state index contributed by atoms with van der Waals surface area (Å²) in [6.45, 7) is 5.74. The van der Waals surface area contributed by atoms with Crippen molar-refractivity contribution in [3.63, 3.8) is 0 Å². The first-order valence-electron chi connectivity index (χ1n) is 8.35. The average molecular weight is 363 g/mol. The van der Waals surface area contributed by atoms with Gasteiger partial charge < -0.3 is 10.7 Å². The Morgan fingerprint density at radius 2 is 2.12 bits per heavy atom. The highest BCUT2D eigenvalue weighted by Gasteiger charge is 2.33. The molecule has 1 amide bonds. The normalized spacial score (nSPS) is 13.2. The molecule has 0 bridgehead atoms. The fourth-order valence-corrected chi connectivity index (χ4v) is 4.36. The summed E-state index contributed by atoms with van der Waals surface area (Å²) < 4.78 is 26.5. The molecule has 0 radical (unpaired) electrons. The molecule has 0 saturated heterocycles. The fourth-order valence-electron chi connectivity index (χ4n) is 2.90. The topological polar surface area (TPSA) is 96.3 Å². The molecule has 0 fully saturated rings. The van der Waals surface area contributed by atoms with Gasteiger partial charge in [0.25, 0.3) is 0 Å². The van der Waals surface area contributed by atoms with Gasteiger partial charge in [0.1, 0.15) is 6.04 Å². The Morgan fingerprint density at radius 1 is 1.40 bits per heavy atom. The molecule has 2 rings (SSSR count).